The maximum Gasteiger partial charge on any atom is 0.232 e. The molecule has 2 atom stereocenters. The Balaban J connectivity index is 2.12. The molecule has 0 aliphatic carbocycles. The van der Waals surface area contributed by atoms with E-state index in [2.05, 4.69) is 5.16 Å². The largest absolute Gasteiger partial charge is 0.409 e. The third kappa shape index (κ3) is 2.75. The quantitative estimate of drug-likeness (QED) is 0.376. The van der Waals surface area contributed by atoms with Gasteiger partial charge in [0.2, 0.25) is 5.91 Å². The van der Waals surface area contributed by atoms with Gasteiger partial charge >= 0.3 is 0 Å². The van der Waals surface area contributed by atoms with E-state index in [-0.39, 0.29) is 23.8 Å². The van der Waals surface area contributed by atoms with E-state index in [4.69, 9.17) is 15.7 Å². The summed E-state index contributed by atoms with van der Waals surface area (Å²) in [4.78, 5) is 14.0. The van der Waals surface area contributed by atoms with E-state index in [1.165, 1.54) is 0 Å². The highest BCUT2D eigenvalue weighted by molar-refractivity contribution is 5.98. The summed E-state index contributed by atoms with van der Waals surface area (Å²) in [5.74, 6) is -0.00126. The summed E-state index contributed by atoms with van der Waals surface area (Å²) in [5.41, 5.74) is 6.87. The number of nitrogens with two attached hydrogens (primary N) is 1. The van der Waals surface area contributed by atoms with E-state index in [1.807, 2.05) is 6.92 Å². The van der Waals surface area contributed by atoms with Crippen molar-refractivity contribution in [3.63, 3.8) is 0 Å². The molecule has 0 radical (unpaired) electrons. The molecule has 20 heavy (non-hydrogen) atoms. The van der Waals surface area contributed by atoms with E-state index in [9.17, 15) is 4.79 Å². The fourth-order valence-corrected chi connectivity index (χ4v) is 2.35. The van der Waals surface area contributed by atoms with Crippen molar-refractivity contribution in [1.29, 1.82) is 0 Å². The number of ether oxygens (including phenoxy) is 1. The van der Waals surface area contributed by atoms with E-state index in [1.54, 1.807) is 36.2 Å². The second-order valence-electron chi connectivity index (χ2n) is 4.90. The molecule has 1 aromatic carbocycles. The van der Waals surface area contributed by atoms with Crippen LogP contribution in [-0.2, 0) is 9.53 Å². The van der Waals surface area contributed by atoms with Gasteiger partial charge in [-0.3, -0.25) is 4.79 Å². The van der Waals surface area contributed by atoms with Crippen molar-refractivity contribution >= 4 is 17.4 Å². The molecule has 0 aromatic heterocycles. The second-order valence-corrected chi connectivity index (χ2v) is 4.90. The Morgan fingerprint density at radius 3 is 2.60 bits per heavy atom. The van der Waals surface area contributed by atoms with Crippen molar-refractivity contribution in [2.24, 2.45) is 16.8 Å². The molecule has 1 saturated heterocycles. The third-order valence-electron chi connectivity index (χ3n) is 3.68. The summed E-state index contributed by atoms with van der Waals surface area (Å²) in [6, 6.07) is 6.96. The maximum absolute atomic E-state index is 12.4. The molecule has 2 unspecified atom stereocenters. The Kier molecular flexibility index (Phi) is 4.24. The second kappa shape index (κ2) is 5.92. The average molecular weight is 277 g/mol. The number of carbonyl (C=O) groups excluding carboxylic acids is 1. The highest BCUT2D eigenvalue weighted by Gasteiger charge is 2.33. The number of oxime groups is 1. The van der Waals surface area contributed by atoms with E-state index in [0.717, 1.165) is 12.1 Å². The molecule has 6 nitrogen and oxygen atoms in total. The van der Waals surface area contributed by atoms with Crippen molar-refractivity contribution in [2.75, 3.05) is 18.6 Å². The monoisotopic (exact) mass is 277 g/mol. The molecular weight excluding hydrogens is 258 g/mol. The highest BCUT2D eigenvalue weighted by atomic mass is 16.5. The summed E-state index contributed by atoms with van der Waals surface area (Å²) in [6.07, 6.45) is 0.716. The lowest BCUT2D eigenvalue weighted by atomic mass is 10.0. The minimum atomic E-state index is -0.0937. The first-order chi connectivity index (χ1) is 9.54. The number of hydrogen-bond donors (Lipinski definition) is 2. The number of benzene rings is 1. The van der Waals surface area contributed by atoms with E-state index >= 15 is 0 Å². The average Bonchev–Trinajstić information content (AvgIpc) is 2.91. The fraction of sp³-hybridized carbons (Fsp3) is 0.429. The van der Waals surface area contributed by atoms with Crippen LogP contribution in [0.5, 0.6) is 0 Å². The van der Waals surface area contributed by atoms with Crippen LogP contribution in [-0.4, -0.2) is 36.7 Å². The van der Waals surface area contributed by atoms with Crippen LogP contribution in [0.3, 0.4) is 0 Å². The molecule has 1 aromatic rings. The molecule has 1 heterocycles. The molecule has 1 aliphatic heterocycles. The van der Waals surface area contributed by atoms with Crippen LogP contribution in [0.1, 0.15) is 18.9 Å². The first-order valence-corrected chi connectivity index (χ1v) is 6.51. The first-order valence-electron chi connectivity index (χ1n) is 6.51. The number of hydrogen-bond acceptors (Lipinski definition) is 4. The normalized spacial score (nSPS) is 22.8. The van der Waals surface area contributed by atoms with Gasteiger partial charge in [0.05, 0.1) is 12.0 Å². The molecule has 2 rings (SSSR count). The Morgan fingerprint density at radius 1 is 1.45 bits per heavy atom. The minimum Gasteiger partial charge on any atom is -0.409 e. The number of amides is 1. The van der Waals surface area contributed by atoms with Gasteiger partial charge in [-0.15, -0.1) is 0 Å². The summed E-state index contributed by atoms with van der Waals surface area (Å²) < 4.78 is 5.43. The molecular formula is C14H19N3O3. The summed E-state index contributed by atoms with van der Waals surface area (Å²) in [5, 5.41) is 11.6. The molecule has 0 bridgehead atoms. The van der Waals surface area contributed by atoms with Crippen LogP contribution in [0.2, 0.25) is 0 Å². The number of amidine groups is 1. The Hall–Kier alpha value is -2.08. The molecule has 1 aliphatic rings. The number of nitrogens with zero attached hydrogens (tertiary/aromatic N) is 2. The molecule has 1 amide bonds. The fourth-order valence-electron chi connectivity index (χ4n) is 2.35. The zero-order valence-electron chi connectivity index (χ0n) is 11.6. The number of carbonyl (C=O) groups is 1. The standard InChI is InChI=1S/C14H19N3O3/c1-9-12(7-8-20-9)14(18)17(2)11-5-3-10(4-6-11)13(15)16-19/h3-6,9,12,19H,7-8H2,1-2H3,(H2,15,16). The molecule has 3 N–H and O–H groups in total. The predicted octanol–water partition coefficient (Wildman–Crippen LogP) is 1.17. The predicted molar refractivity (Wildman–Crippen MR) is 75.9 cm³/mol. The van der Waals surface area contributed by atoms with Crippen molar-refractivity contribution in [3.8, 4) is 0 Å². The summed E-state index contributed by atoms with van der Waals surface area (Å²) >= 11 is 0. The first kappa shape index (κ1) is 14.3. The Bertz CT molecular complexity index is 513. The molecule has 108 valence electrons. The van der Waals surface area contributed by atoms with E-state index < -0.39 is 0 Å². The molecule has 1 fully saturated rings. The zero-order valence-corrected chi connectivity index (χ0v) is 11.6. The SMILES string of the molecule is CC1OCCC1C(=O)N(C)c1ccc(C(N)=NO)cc1. The summed E-state index contributed by atoms with van der Waals surface area (Å²) in [6.45, 7) is 2.55. The van der Waals surface area contributed by atoms with Gasteiger partial charge in [0.15, 0.2) is 5.84 Å². The zero-order chi connectivity index (χ0) is 14.7. The lowest BCUT2D eigenvalue weighted by Crippen LogP contribution is -2.35. The van der Waals surface area contributed by atoms with Crippen molar-refractivity contribution < 1.29 is 14.7 Å². The Labute approximate surface area is 117 Å². The maximum atomic E-state index is 12.4. The van der Waals surface area contributed by atoms with Gasteiger partial charge < -0.3 is 20.6 Å². The van der Waals surface area contributed by atoms with Gasteiger partial charge in [-0.1, -0.05) is 5.16 Å². The van der Waals surface area contributed by atoms with Crippen LogP contribution in [0.15, 0.2) is 29.4 Å². The summed E-state index contributed by atoms with van der Waals surface area (Å²) in [7, 11) is 1.74. The van der Waals surface area contributed by atoms with Crippen LogP contribution in [0, 0.1) is 5.92 Å². The van der Waals surface area contributed by atoms with Gasteiger partial charge in [-0.2, -0.15) is 0 Å². The van der Waals surface area contributed by atoms with Gasteiger partial charge in [-0.05, 0) is 37.6 Å². The number of rotatable bonds is 3. The smallest absolute Gasteiger partial charge is 0.232 e. The lowest BCUT2D eigenvalue weighted by molar-refractivity contribution is -0.123. The topological polar surface area (TPSA) is 88.2 Å². The van der Waals surface area contributed by atoms with Crippen molar-refractivity contribution in [2.45, 2.75) is 19.4 Å². The molecule has 6 heteroatoms. The third-order valence-corrected chi connectivity index (χ3v) is 3.68. The van der Waals surface area contributed by atoms with Crippen LogP contribution >= 0.6 is 0 Å². The highest BCUT2D eigenvalue weighted by Crippen LogP contribution is 2.25. The minimum absolute atomic E-state index is 0.0404. The van der Waals surface area contributed by atoms with Crippen LogP contribution in [0.4, 0.5) is 5.69 Å². The van der Waals surface area contributed by atoms with Gasteiger partial charge in [-0.25, -0.2) is 0 Å². The van der Waals surface area contributed by atoms with Gasteiger partial charge in [0.1, 0.15) is 0 Å². The van der Waals surface area contributed by atoms with Crippen LogP contribution in [0.25, 0.3) is 0 Å². The molecule has 0 saturated carbocycles. The van der Waals surface area contributed by atoms with Gasteiger partial charge in [0, 0.05) is 24.9 Å². The van der Waals surface area contributed by atoms with Crippen LogP contribution < -0.4 is 10.6 Å². The van der Waals surface area contributed by atoms with E-state index in [0.29, 0.717) is 12.2 Å². The van der Waals surface area contributed by atoms with Gasteiger partial charge in [0.25, 0.3) is 0 Å². The molecule has 0 spiro atoms. The Morgan fingerprint density at radius 2 is 2.10 bits per heavy atom. The number of anilines is 1. The van der Waals surface area contributed by atoms with Crippen molar-refractivity contribution in [1.82, 2.24) is 0 Å². The van der Waals surface area contributed by atoms with Crippen molar-refractivity contribution in [3.05, 3.63) is 29.8 Å². The lowest BCUT2D eigenvalue weighted by Gasteiger charge is -2.23.